The van der Waals surface area contributed by atoms with Crippen LogP contribution in [0.5, 0.6) is 0 Å². The van der Waals surface area contributed by atoms with Crippen LogP contribution in [-0.2, 0) is 11.3 Å². The van der Waals surface area contributed by atoms with E-state index in [9.17, 15) is 4.79 Å². The van der Waals surface area contributed by atoms with Gasteiger partial charge in [0.05, 0.1) is 17.4 Å². The Kier molecular flexibility index (Phi) is 5.16. The number of nitrogens with one attached hydrogen (secondary N) is 1. The number of carbonyl (C=O) groups excluding carboxylic acids is 1. The predicted octanol–water partition coefficient (Wildman–Crippen LogP) is 2.98. The maximum Gasteiger partial charge on any atom is 0.221 e. The van der Waals surface area contributed by atoms with Gasteiger partial charge in [-0.25, -0.2) is 4.98 Å². The molecule has 1 N–H and O–H groups in total. The standard InChI is InChI=1S/C16H23N3O/c1-3-13(4-2)11-17-16(20)9-10-19-12-18-14-7-5-6-8-15(14)19/h5-8,12-13H,3-4,9-11H2,1-2H3,(H,17,20). The van der Waals surface area contributed by atoms with E-state index in [2.05, 4.69) is 24.1 Å². The number of aromatic nitrogens is 2. The van der Waals surface area contributed by atoms with Crippen molar-refractivity contribution in [1.82, 2.24) is 14.9 Å². The largest absolute Gasteiger partial charge is 0.356 e. The van der Waals surface area contributed by atoms with E-state index in [0.29, 0.717) is 18.9 Å². The summed E-state index contributed by atoms with van der Waals surface area (Å²) in [5.41, 5.74) is 2.06. The van der Waals surface area contributed by atoms with Crippen LogP contribution in [0.1, 0.15) is 33.1 Å². The molecular formula is C16H23N3O. The summed E-state index contributed by atoms with van der Waals surface area (Å²) in [6, 6.07) is 7.99. The average molecular weight is 273 g/mol. The lowest BCUT2D eigenvalue weighted by atomic mass is 10.0. The van der Waals surface area contributed by atoms with Gasteiger partial charge in [-0.2, -0.15) is 0 Å². The molecule has 0 aliphatic heterocycles. The molecule has 108 valence electrons. The van der Waals surface area contributed by atoms with Crippen LogP contribution in [0.25, 0.3) is 11.0 Å². The van der Waals surface area contributed by atoms with Gasteiger partial charge in [-0.3, -0.25) is 4.79 Å². The molecule has 0 atom stereocenters. The third kappa shape index (κ3) is 3.59. The van der Waals surface area contributed by atoms with Crippen LogP contribution in [0, 0.1) is 5.92 Å². The average Bonchev–Trinajstić information content (AvgIpc) is 2.89. The number of amides is 1. The van der Waals surface area contributed by atoms with Crippen molar-refractivity contribution in [3.05, 3.63) is 30.6 Å². The number of carbonyl (C=O) groups is 1. The van der Waals surface area contributed by atoms with E-state index in [4.69, 9.17) is 0 Å². The molecule has 4 nitrogen and oxygen atoms in total. The van der Waals surface area contributed by atoms with Gasteiger partial charge in [0.1, 0.15) is 0 Å². The smallest absolute Gasteiger partial charge is 0.221 e. The van der Waals surface area contributed by atoms with E-state index in [1.165, 1.54) is 0 Å². The monoisotopic (exact) mass is 273 g/mol. The van der Waals surface area contributed by atoms with Gasteiger partial charge >= 0.3 is 0 Å². The van der Waals surface area contributed by atoms with E-state index in [-0.39, 0.29) is 5.91 Å². The van der Waals surface area contributed by atoms with E-state index < -0.39 is 0 Å². The van der Waals surface area contributed by atoms with Gasteiger partial charge in [0.2, 0.25) is 5.91 Å². The molecule has 2 aromatic rings. The van der Waals surface area contributed by atoms with Crippen molar-refractivity contribution in [2.24, 2.45) is 5.92 Å². The Balaban J connectivity index is 1.84. The molecule has 0 fully saturated rings. The van der Waals surface area contributed by atoms with Crippen molar-refractivity contribution in [3.63, 3.8) is 0 Å². The second-order valence-electron chi connectivity index (χ2n) is 5.16. The Bertz CT molecular complexity index is 558. The number of fused-ring (bicyclic) bond motifs is 1. The van der Waals surface area contributed by atoms with Crippen LogP contribution in [0.2, 0.25) is 0 Å². The maximum absolute atomic E-state index is 11.9. The molecule has 0 saturated heterocycles. The number of hydrogen-bond donors (Lipinski definition) is 1. The lowest BCUT2D eigenvalue weighted by Crippen LogP contribution is -2.29. The maximum atomic E-state index is 11.9. The molecule has 1 aromatic heterocycles. The van der Waals surface area contributed by atoms with Gasteiger partial charge in [-0.15, -0.1) is 0 Å². The fourth-order valence-corrected chi connectivity index (χ4v) is 2.33. The molecule has 0 bridgehead atoms. The molecule has 4 heteroatoms. The van der Waals surface area contributed by atoms with Crippen molar-refractivity contribution in [2.75, 3.05) is 6.54 Å². The zero-order valence-electron chi connectivity index (χ0n) is 12.3. The highest BCUT2D eigenvalue weighted by Gasteiger charge is 2.08. The molecule has 1 aromatic carbocycles. The number of aryl methyl sites for hydroxylation is 1. The molecule has 0 aliphatic carbocycles. The Morgan fingerprint density at radius 2 is 2.05 bits per heavy atom. The Morgan fingerprint density at radius 1 is 1.30 bits per heavy atom. The molecule has 0 spiro atoms. The van der Waals surface area contributed by atoms with Gasteiger partial charge in [-0.1, -0.05) is 38.8 Å². The molecular weight excluding hydrogens is 250 g/mol. The molecule has 0 unspecified atom stereocenters. The lowest BCUT2D eigenvalue weighted by Gasteiger charge is -2.13. The Labute approximate surface area is 120 Å². The molecule has 1 heterocycles. The van der Waals surface area contributed by atoms with Crippen LogP contribution in [0.4, 0.5) is 0 Å². The number of benzene rings is 1. The minimum atomic E-state index is 0.120. The first-order valence-corrected chi connectivity index (χ1v) is 7.41. The molecule has 20 heavy (non-hydrogen) atoms. The zero-order chi connectivity index (χ0) is 14.4. The van der Waals surface area contributed by atoms with Gasteiger partial charge in [0.15, 0.2) is 0 Å². The van der Waals surface area contributed by atoms with Crippen molar-refractivity contribution in [1.29, 1.82) is 0 Å². The quantitative estimate of drug-likeness (QED) is 0.843. The lowest BCUT2D eigenvalue weighted by molar-refractivity contribution is -0.121. The highest BCUT2D eigenvalue weighted by Crippen LogP contribution is 2.12. The summed E-state index contributed by atoms with van der Waals surface area (Å²) in [4.78, 5) is 16.2. The fourth-order valence-electron chi connectivity index (χ4n) is 2.33. The molecule has 2 rings (SSSR count). The van der Waals surface area contributed by atoms with Crippen LogP contribution in [0.15, 0.2) is 30.6 Å². The van der Waals surface area contributed by atoms with E-state index in [0.717, 1.165) is 30.4 Å². The van der Waals surface area contributed by atoms with Crippen LogP contribution >= 0.6 is 0 Å². The van der Waals surface area contributed by atoms with Crippen molar-refractivity contribution in [2.45, 2.75) is 39.7 Å². The van der Waals surface area contributed by atoms with E-state index >= 15 is 0 Å². The number of hydrogen-bond acceptors (Lipinski definition) is 2. The topological polar surface area (TPSA) is 46.9 Å². The van der Waals surface area contributed by atoms with Gasteiger partial charge < -0.3 is 9.88 Å². The first-order chi connectivity index (χ1) is 9.74. The van der Waals surface area contributed by atoms with Gasteiger partial charge in [0.25, 0.3) is 0 Å². The number of imidazole rings is 1. The van der Waals surface area contributed by atoms with Gasteiger partial charge in [0, 0.05) is 19.5 Å². The third-order valence-corrected chi connectivity index (χ3v) is 3.85. The minimum Gasteiger partial charge on any atom is -0.356 e. The summed E-state index contributed by atoms with van der Waals surface area (Å²) >= 11 is 0. The summed E-state index contributed by atoms with van der Waals surface area (Å²) < 4.78 is 2.03. The summed E-state index contributed by atoms with van der Waals surface area (Å²) in [7, 11) is 0. The van der Waals surface area contributed by atoms with E-state index in [1.54, 1.807) is 6.33 Å². The highest BCUT2D eigenvalue weighted by molar-refractivity contribution is 5.77. The Morgan fingerprint density at radius 3 is 2.80 bits per heavy atom. The van der Waals surface area contributed by atoms with Gasteiger partial charge in [-0.05, 0) is 18.1 Å². The second kappa shape index (κ2) is 7.08. The summed E-state index contributed by atoms with van der Waals surface area (Å²) in [6.07, 6.45) is 4.53. The second-order valence-corrected chi connectivity index (χ2v) is 5.16. The molecule has 0 aliphatic rings. The first kappa shape index (κ1) is 14.6. The van der Waals surface area contributed by atoms with Crippen LogP contribution in [-0.4, -0.2) is 22.0 Å². The Hall–Kier alpha value is -1.84. The normalized spacial score (nSPS) is 11.2. The summed E-state index contributed by atoms with van der Waals surface area (Å²) in [6.45, 7) is 5.79. The number of nitrogens with zero attached hydrogens (tertiary/aromatic N) is 2. The summed E-state index contributed by atoms with van der Waals surface area (Å²) in [5.74, 6) is 0.711. The fraction of sp³-hybridized carbons (Fsp3) is 0.500. The van der Waals surface area contributed by atoms with Crippen molar-refractivity contribution >= 4 is 16.9 Å². The molecule has 0 saturated carbocycles. The number of para-hydroxylation sites is 2. The SMILES string of the molecule is CCC(CC)CNC(=O)CCn1cnc2ccccc21. The third-order valence-electron chi connectivity index (χ3n) is 3.85. The first-order valence-electron chi connectivity index (χ1n) is 7.41. The summed E-state index contributed by atoms with van der Waals surface area (Å²) in [5, 5.41) is 3.02. The van der Waals surface area contributed by atoms with Crippen molar-refractivity contribution in [3.8, 4) is 0 Å². The molecule has 1 amide bonds. The zero-order valence-corrected chi connectivity index (χ0v) is 12.3. The number of rotatable bonds is 7. The highest BCUT2D eigenvalue weighted by atomic mass is 16.1. The predicted molar refractivity (Wildman–Crippen MR) is 81.4 cm³/mol. The minimum absolute atomic E-state index is 0.120. The van der Waals surface area contributed by atoms with Crippen molar-refractivity contribution < 1.29 is 4.79 Å². The molecule has 0 radical (unpaired) electrons. The van der Waals surface area contributed by atoms with Crippen LogP contribution in [0.3, 0.4) is 0 Å². The van der Waals surface area contributed by atoms with Crippen LogP contribution < -0.4 is 5.32 Å². The van der Waals surface area contributed by atoms with E-state index in [1.807, 2.05) is 28.8 Å².